The van der Waals surface area contributed by atoms with Crippen molar-refractivity contribution in [3.8, 4) is 0 Å². The molecule has 6 aromatic carbocycles. The Morgan fingerprint density at radius 1 is 0.265 bits per heavy atom. The molecule has 0 aromatic heterocycles. The Kier molecular flexibility index (Phi) is 5.26. The second-order valence-corrected chi connectivity index (χ2v) is 8.64. The van der Waals surface area contributed by atoms with Gasteiger partial charge in [-0.15, -0.1) is 0 Å². The molecule has 160 valence electrons. The molecule has 0 spiro atoms. The molecule has 6 rings (SSSR count). The average Bonchev–Trinajstić information content (AvgIpc) is 2.92. The first kappa shape index (κ1) is 20.2. The lowest BCUT2D eigenvalue weighted by molar-refractivity contribution is 1.66. The number of hydrogen-bond donors (Lipinski definition) is 0. The minimum Gasteiger partial charge on any atom is -0.0622 e. The molecule has 0 fully saturated rings. The first-order chi connectivity index (χ1) is 16.8. The normalized spacial score (nSPS) is 11.9. The molecule has 0 saturated heterocycles. The highest BCUT2D eigenvalue weighted by Crippen LogP contribution is 2.36. The van der Waals surface area contributed by atoms with Crippen LogP contribution in [0, 0.1) is 0 Å². The third-order valence-corrected chi connectivity index (χ3v) is 6.42. The molecule has 0 radical (unpaired) electrons. The number of benzene rings is 6. The van der Waals surface area contributed by atoms with Crippen LogP contribution in [0.15, 0.2) is 121 Å². The summed E-state index contributed by atoms with van der Waals surface area (Å²) in [6.07, 6.45) is 8.75. The largest absolute Gasteiger partial charge is 0.0622 e. The van der Waals surface area contributed by atoms with Crippen LogP contribution in [0.2, 0.25) is 0 Å². The summed E-state index contributed by atoms with van der Waals surface area (Å²) in [4.78, 5) is 0. The minimum atomic E-state index is 1.21. The molecule has 0 heteroatoms. The van der Waals surface area contributed by atoms with E-state index in [1.165, 1.54) is 54.6 Å². The fourth-order valence-electron chi connectivity index (χ4n) is 4.71. The molecule has 0 aliphatic carbocycles. The third-order valence-electron chi connectivity index (χ3n) is 6.42. The molecule has 0 aliphatic rings. The number of rotatable bonds is 4. The zero-order chi connectivity index (χ0) is 22.7. The highest BCUT2D eigenvalue weighted by atomic mass is 14.1. The van der Waals surface area contributed by atoms with Crippen molar-refractivity contribution in [1.29, 1.82) is 0 Å². The summed E-state index contributed by atoms with van der Waals surface area (Å²) in [5, 5.41) is 7.78. The lowest BCUT2D eigenvalue weighted by Gasteiger charge is -2.12. The van der Waals surface area contributed by atoms with Crippen molar-refractivity contribution in [2.45, 2.75) is 0 Å². The Bertz CT molecular complexity index is 1520. The molecular formula is C34H24. The van der Waals surface area contributed by atoms with Crippen LogP contribution in [-0.4, -0.2) is 0 Å². The van der Waals surface area contributed by atoms with Gasteiger partial charge in [0.15, 0.2) is 0 Å². The molecule has 0 aliphatic heterocycles. The van der Waals surface area contributed by atoms with Gasteiger partial charge < -0.3 is 0 Å². The van der Waals surface area contributed by atoms with Crippen LogP contribution >= 0.6 is 0 Å². The summed E-state index contributed by atoms with van der Waals surface area (Å²) in [5.74, 6) is 0. The minimum absolute atomic E-state index is 1.21. The summed E-state index contributed by atoms with van der Waals surface area (Å²) in [6, 6.07) is 43.3. The summed E-state index contributed by atoms with van der Waals surface area (Å²) in [5.41, 5.74) is 4.84. The van der Waals surface area contributed by atoms with E-state index in [-0.39, 0.29) is 0 Å². The highest BCUT2D eigenvalue weighted by Gasteiger charge is 2.09. The smallest absolute Gasteiger partial charge is 0.00930 e. The molecule has 0 bridgehead atoms. The van der Waals surface area contributed by atoms with Crippen molar-refractivity contribution in [3.63, 3.8) is 0 Å². The SMILES string of the molecule is C(=Cc1ccc2c3ccc(/C=C/c4ccccc4)cc3c3ccccc3c2c1)c1ccccc1. The Morgan fingerprint density at radius 2 is 0.618 bits per heavy atom. The van der Waals surface area contributed by atoms with Gasteiger partial charge in [-0.05, 0) is 66.7 Å². The summed E-state index contributed by atoms with van der Waals surface area (Å²) in [7, 11) is 0. The second kappa shape index (κ2) is 8.84. The van der Waals surface area contributed by atoms with Crippen LogP contribution < -0.4 is 0 Å². The fraction of sp³-hybridized carbons (Fsp3) is 0. The monoisotopic (exact) mass is 432 g/mol. The van der Waals surface area contributed by atoms with Crippen LogP contribution in [0.1, 0.15) is 22.3 Å². The van der Waals surface area contributed by atoms with Gasteiger partial charge in [0.2, 0.25) is 0 Å². The summed E-state index contributed by atoms with van der Waals surface area (Å²) < 4.78 is 0. The van der Waals surface area contributed by atoms with Crippen LogP contribution in [-0.2, 0) is 0 Å². The Morgan fingerprint density at radius 3 is 1.06 bits per heavy atom. The lowest BCUT2D eigenvalue weighted by atomic mass is 9.92. The van der Waals surface area contributed by atoms with E-state index in [9.17, 15) is 0 Å². The molecule has 0 atom stereocenters. The predicted octanol–water partition coefficient (Wildman–Crippen LogP) is 9.49. The second-order valence-electron chi connectivity index (χ2n) is 8.64. The van der Waals surface area contributed by atoms with Gasteiger partial charge in [0.05, 0.1) is 0 Å². The van der Waals surface area contributed by atoms with Gasteiger partial charge in [-0.3, -0.25) is 0 Å². The predicted molar refractivity (Wildman–Crippen MR) is 150 cm³/mol. The van der Waals surface area contributed by atoms with Crippen LogP contribution in [0.4, 0.5) is 0 Å². The van der Waals surface area contributed by atoms with Crippen LogP contribution in [0.3, 0.4) is 0 Å². The first-order valence-corrected chi connectivity index (χ1v) is 11.7. The van der Waals surface area contributed by atoms with Gasteiger partial charge in [0.25, 0.3) is 0 Å². The van der Waals surface area contributed by atoms with Crippen molar-refractivity contribution in [3.05, 3.63) is 144 Å². The maximum atomic E-state index is 2.32. The zero-order valence-corrected chi connectivity index (χ0v) is 18.9. The van der Waals surface area contributed by atoms with Crippen LogP contribution in [0.5, 0.6) is 0 Å². The van der Waals surface area contributed by atoms with Crippen molar-refractivity contribution in [1.82, 2.24) is 0 Å². The standard InChI is InChI=1S/C34H24/c1-3-9-25(10-4-1)15-17-27-19-21-31-32-22-20-28(18-16-26-11-5-2-6-12-26)24-34(32)30-14-8-7-13-29(30)33(31)23-27/h1-24H/b17-15+,18-16?. The fourth-order valence-corrected chi connectivity index (χ4v) is 4.71. The lowest BCUT2D eigenvalue weighted by Crippen LogP contribution is -1.85. The summed E-state index contributed by atoms with van der Waals surface area (Å²) >= 11 is 0. The maximum Gasteiger partial charge on any atom is -0.00930 e. The van der Waals surface area contributed by atoms with Gasteiger partial charge in [-0.25, -0.2) is 0 Å². The molecule has 0 heterocycles. The van der Waals surface area contributed by atoms with Crippen molar-refractivity contribution >= 4 is 56.6 Å². The van der Waals surface area contributed by atoms with E-state index in [1.807, 2.05) is 12.1 Å². The van der Waals surface area contributed by atoms with Gasteiger partial charge in [-0.1, -0.05) is 133 Å². The maximum absolute atomic E-state index is 2.32. The first-order valence-electron chi connectivity index (χ1n) is 11.7. The van der Waals surface area contributed by atoms with Gasteiger partial charge in [0.1, 0.15) is 0 Å². The Hall–Kier alpha value is -4.42. The quantitative estimate of drug-likeness (QED) is 0.192. The van der Waals surface area contributed by atoms with Gasteiger partial charge >= 0.3 is 0 Å². The summed E-state index contributed by atoms with van der Waals surface area (Å²) in [6.45, 7) is 0. The number of fused-ring (bicyclic) bond motifs is 6. The van der Waals surface area contributed by atoms with E-state index < -0.39 is 0 Å². The molecule has 6 aromatic rings. The third kappa shape index (κ3) is 3.91. The van der Waals surface area contributed by atoms with Gasteiger partial charge in [-0.2, -0.15) is 0 Å². The average molecular weight is 433 g/mol. The molecule has 0 amide bonds. The van der Waals surface area contributed by atoms with E-state index in [4.69, 9.17) is 0 Å². The van der Waals surface area contributed by atoms with Crippen LogP contribution in [0.25, 0.3) is 56.6 Å². The zero-order valence-electron chi connectivity index (χ0n) is 18.9. The molecule has 0 unspecified atom stereocenters. The molecule has 0 N–H and O–H groups in total. The Balaban J connectivity index is 1.49. The molecule has 0 saturated carbocycles. The van der Waals surface area contributed by atoms with E-state index in [0.717, 1.165) is 0 Å². The van der Waals surface area contributed by atoms with Crippen molar-refractivity contribution in [2.75, 3.05) is 0 Å². The van der Waals surface area contributed by atoms with Crippen molar-refractivity contribution in [2.24, 2.45) is 0 Å². The molecule has 0 nitrogen and oxygen atoms in total. The Labute approximate surface area is 200 Å². The van der Waals surface area contributed by atoms with Crippen molar-refractivity contribution < 1.29 is 0 Å². The van der Waals surface area contributed by atoms with E-state index in [1.54, 1.807) is 0 Å². The number of hydrogen-bond acceptors (Lipinski definition) is 0. The highest BCUT2D eigenvalue weighted by molar-refractivity contribution is 6.25. The molecule has 34 heavy (non-hydrogen) atoms. The van der Waals surface area contributed by atoms with Gasteiger partial charge in [0, 0.05) is 0 Å². The molecular weight excluding hydrogens is 408 g/mol. The van der Waals surface area contributed by atoms with E-state index in [2.05, 4.69) is 133 Å². The topological polar surface area (TPSA) is 0 Å². The van der Waals surface area contributed by atoms with E-state index in [0.29, 0.717) is 0 Å². The van der Waals surface area contributed by atoms with E-state index >= 15 is 0 Å².